The Hall–Kier alpha value is -2.52. The van der Waals surface area contributed by atoms with Crippen LogP contribution in [0.4, 0.5) is 8.78 Å². The number of rotatable bonds is 4. The van der Waals surface area contributed by atoms with E-state index in [1.54, 1.807) is 13.8 Å². The number of carbonyl (C=O) groups is 1. The molecule has 4 nitrogen and oxygen atoms in total. The van der Waals surface area contributed by atoms with Gasteiger partial charge in [-0.2, -0.15) is 5.26 Å². The Morgan fingerprint density at radius 3 is 2.67 bits per heavy atom. The molecule has 0 fully saturated rings. The monoisotopic (exact) mass is 350 g/mol. The van der Waals surface area contributed by atoms with Gasteiger partial charge < -0.3 is 4.74 Å². The molecule has 0 spiro atoms. The van der Waals surface area contributed by atoms with Gasteiger partial charge in [0, 0.05) is 18.7 Å². The van der Waals surface area contributed by atoms with Crippen molar-refractivity contribution >= 4 is 17.6 Å². The first-order chi connectivity index (χ1) is 11.3. The molecule has 24 heavy (non-hydrogen) atoms. The van der Waals surface area contributed by atoms with E-state index in [0.29, 0.717) is 11.6 Å². The van der Waals surface area contributed by atoms with Crippen molar-refractivity contribution in [2.24, 2.45) is 0 Å². The molecule has 124 valence electrons. The van der Waals surface area contributed by atoms with E-state index in [4.69, 9.17) is 16.3 Å². The first kappa shape index (κ1) is 17.8. The topological polar surface area (TPSA) is 63.0 Å². The summed E-state index contributed by atoms with van der Waals surface area (Å²) in [5.74, 6) is -2.30. The van der Waals surface area contributed by atoms with E-state index in [0.717, 1.165) is 0 Å². The summed E-state index contributed by atoms with van der Waals surface area (Å²) in [6.07, 6.45) is 1.04. The van der Waals surface area contributed by atoms with Gasteiger partial charge in [-0.15, -0.1) is 0 Å². The highest BCUT2D eigenvalue weighted by Crippen LogP contribution is 2.22. The molecule has 0 amide bonds. The molecule has 0 atom stereocenters. The van der Waals surface area contributed by atoms with Crippen LogP contribution in [-0.2, 0) is 11.2 Å². The van der Waals surface area contributed by atoms with Crippen molar-refractivity contribution in [1.29, 1.82) is 5.26 Å². The van der Waals surface area contributed by atoms with Crippen LogP contribution in [0.15, 0.2) is 24.4 Å². The number of aromatic nitrogens is 1. The van der Waals surface area contributed by atoms with Gasteiger partial charge in [-0.3, -0.25) is 0 Å². The Morgan fingerprint density at radius 1 is 1.33 bits per heavy atom. The predicted molar refractivity (Wildman–Crippen MR) is 83.7 cm³/mol. The molecule has 0 aliphatic rings. The number of esters is 1. The van der Waals surface area contributed by atoms with Crippen molar-refractivity contribution in [3.05, 3.63) is 63.4 Å². The zero-order valence-corrected chi connectivity index (χ0v) is 13.7. The van der Waals surface area contributed by atoms with Crippen molar-refractivity contribution in [2.45, 2.75) is 26.4 Å². The Balaban J connectivity index is 2.32. The summed E-state index contributed by atoms with van der Waals surface area (Å²) in [7, 11) is 0. The second kappa shape index (κ2) is 7.37. The standard InChI is InChI=1S/C17H13ClF2N2O2/c1-9(2)24-17(23)16-12(7-21)4-10(8-22-16)3-11-5-13(18)15(20)6-14(11)19/h4-6,8-9H,3H2,1-2H3. The zero-order chi connectivity index (χ0) is 17.9. The van der Waals surface area contributed by atoms with Crippen LogP contribution in [0.1, 0.15) is 41.0 Å². The van der Waals surface area contributed by atoms with Crippen LogP contribution in [0.3, 0.4) is 0 Å². The van der Waals surface area contributed by atoms with Gasteiger partial charge in [-0.05, 0) is 37.1 Å². The maximum atomic E-state index is 13.8. The van der Waals surface area contributed by atoms with Crippen LogP contribution in [0.25, 0.3) is 0 Å². The third-order valence-corrected chi connectivity index (χ3v) is 3.37. The molecule has 0 aliphatic carbocycles. The quantitative estimate of drug-likeness (QED) is 0.616. The van der Waals surface area contributed by atoms with Crippen LogP contribution in [0.2, 0.25) is 5.02 Å². The van der Waals surface area contributed by atoms with Gasteiger partial charge >= 0.3 is 5.97 Å². The molecule has 0 radical (unpaired) electrons. The number of nitriles is 1. The van der Waals surface area contributed by atoms with Crippen molar-refractivity contribution in [1.82, 2.24) is 4.98 Å². The van der Waals surface area contributed by atoms with Crippen LogP contribution in [0.5, 0.6) is 0 Å². The van der Waals surface area contributed by atoms with E-state index in [2.05, 4.69) is 4.98 Å². The summed E-state index contributed by atoms with van der Waals surface area (Å²) in [5, 5.41) is 8.99. The van der Waals surface area contributed by atoms with Gasteiger partial charge in [-0.1, -0.05) is 11.6 Å². The number of hydrogen-bond donors (Lipinski definition) is 0. The first-order valence-corrected chi connectivity index (χ1v) is 7.43. The molecule has 0 N–H and O–H groups in total. The maximum absolute atomic E-state index is 13.8. The molecular formula is C17H13ClF2N2O2. The summed E-state index contributed by atoms with van der Waals surface area (Å²) in [5.41, 5.74) is 0.554. The average Bonchev–Trinajstić information content (AvgIpc) is 2.51. The number of benzene rings is 1. The minimum absolute atomic E-state index is 0.0202. The number of halogens is 3. The predicted octanol–water partition coefficient (Wildman–Crippen LogP) is 4.04. The lowest BCUT2D eigenvalue weighted by Gasteiger charge is -2.10. The molecule has 1 aromatic heterocycles. The SMILES string of the molecule is CC(C)OC(=O)c1ncc(Cc2cc(Cl)c(F)cc2F)cc1C#N. The number of ether oxygens (including phenoxy) is 1. The fourth-order valence-corrected chi connectivity index (χ4v) is 2.23. The minimum Gasteiger partial charge on any atom is -0.458 e. The van der Waals surface area contributed by atoms with Gasteiger partial charge in [0.05, 0.1) is 16.7 Å². The van der Waals surface area contributed by atoms with E-state index >= 15 is 0 Å². The lowest BCUT2D eigenvalue weighted by Crippen LogP contribution is -2.15. The number of nitrogens with zero attached hydrogens (tertiary/aromatic N) is 2. The summed E-state index contributed by atoms with van der Waals surface area (Å²) in [6.45, 7) is 3.36. The Kier molecular flexibility index (Phi) is 5.47. The van der Waals surface area contributed by atoms with Gasteiger partial charge in [0.15, 0.2) is 5.69 Å². The van der Waals surface area contributed by atoms with Crippen molar-refractivity contribution in [3.8, 4) is 6.07 Å². The highest BCUT2D eigenvalue weighted by Gasteiger charge is 2.17. The van der Waals surface area contributed by atoms with Crippen LogP contribution < -0.4 is 0 Å². The molecule has 2 aromatic rings. The highest BCUT2D eigenvalue weighted by atomic mass is 35.5. The van der Waals surface area contributed by atoms with Crippen molar-refractivity contribution in [3.63, 3.8) is 0 Å². The molecular weight excluding hydrogens is 338 g/mol. The molecule has 0 saturated carbocycles. The van der Waals surface area contributed by atoms with E-state index in [-0.39, 0.29) is 34.4 Å². The van der Waals surface area contributed by atoms with Gasteiger partial charge in [0.1, 0.15) is 17.7 Å². The lowest BCUT2D eigenvalue weighted by atomic mass is 10.0. The first-order valence-electron chi connectivity index (χ1n) is 7.05. The van der Waals surface area contributed by atoms with Crippen molar-refractivity contribution < 1.29 is 18.3 Å². The second-order valence-electron chi connectivity index (χ2n) is 5.34. The maximum Gasteiger partial charge on any atom is 0.358 e. The van der Waals surface area contributed by atoms with Crippen LogP contribution >= 0.6 is 11.6 Å². The Labute approximate surface area is 142 Å². The number of hydrogen-bond acceptors (Lipinski definition) is 4. The lowest BCUT2D eigenvalue weighted by molar-refractivity contribution is 0.0370. The summed E-state index contributed by atoms with van der Waals surface area (Å²) in [6, 6.07) is 5.16. The van der Waals surface area contributed by atoms with Gasteiger partial charge in [0.25, 0.3) is 0 Å². The van der Waals surface area contributed by atoms with Crippen molar-refractivity contribution in [2.75, 3.05) is 0 Å². The largest absolute Gasteiger partial charge is 0.458 e. The third kappa shape index (κ3) is 4.06. The van der Waals surface area contributed by atoms with E-state index in [1.807, 2.05) is 6.07 Å². The van der Waals surface area contributed by atoms with E-state index < -0.39 is 17.6 Å². The molecule has 0 unspecified atom stereocenters. The second-order valence-corrected chi connectivity index (χ2v) is 5.75. The fourth-order valence-electron chi connectivity index (χ4n) is 2.04. The summed E-state index contributed by atoms with van der Waals surface area (Å²) >= 11 is 5.65. The smallest absolute Gasteiger partial charge is 0.358 e. The fraction of sp³-hybridized carbons (Fsp3) is 0.235. The van der Waals surface area contributed by atoms with E-state index in [9.17, 15) is 18.8 Å². The van der Waals surface area contributed by atoms with E-state index in [1.165, 1.54) is 18.3 Å². The normalized spacial score (nSPS) is 10.5. The molecule has 0 bridgehead atoms. The molecule has 2 rings (SSSR count). The zero-order valence-electron chi connectivity index (χ0n) is 12.9. The molecule has 1 heterocycles. The van der Waals surface area contributed by atoms with Crippen LogP contribution in [0, 0.1) is 23.0 Å². The third-order valence-electron chi connectivity index (χ3n) is 3.08. The Morgan fingerprint density at radius 2 is 2.04 bits per heavy atom. The van der Waals surface area contributed by atoms with Gasteiger partial charge in [0.2, 0.25) is 0 Å². The Bertz CT molecular complexity index is 832. The molecule has 1 aromatic carbocycles. The van der Waals surface area contributed by atoms with Crippen LogP contribution in [-0.4, -0.2) is 17.1 Å². The summed E-state index contributed by atoms with van der Waals surface area (Å²) in [4.78, 5) is 15.8. The molecule has 0 saturated heterocycles. The van der Waals surface area contributed by atoms with Gasteiger partial charge in [-0.25, -0.2) is 18.6 Å². The molecule has 7 heteroatoms. The molecule has 0 aliphatic heterocycles. The average molecular weight is 351 g/mol. The summed E-state index contributed by atoms with van der Waals surface area (Å²) < 4.78 is 32.0. The number of pyridine rings is 1. The highest BCUT2D eigenvalue weighted by molar-refractivity contribution is 6.30. The number of carbonyl (C=O) groups excluding carboxylic acids is 1. The minimum atomic E-state index is -0.847.